The minimum atomic E-state index is -3.41. The summed E-state index contributed by atoms with van der Waals surface area (Å²) >= 11 is 0. The normalized spacial score (nSPS) is 18.4. The molecule has 1 aliphatic heterocycles. The zero-order chi connectivity index (χ0) is 25.1. The quantitative estimate of drug-likeness (QED) is 0.458. The van der Waals surface area contributed by atoms with Crippen molar-refractivity contribution < 1.29 is 18.3 Å². The Morgan fingerprint density at radius 2 is 1.75 bits per heavy atom. The summed E-state index contributed by atoms with van der Waals surface area (Å²) in [5.41, 5.74) is 4.03. The van der Waals surface area contributed by atoms with Gasteiger partial charge in [0.2, 0.25) is 0 Å². The molecule has 2 heterocycles. The fourth-order valence-corrected chi connectivity index (χ4v) is 7.15. The van der Waals surface area contributed by atoms with Crippen LogP contribution in [0.25, 0.3) is 0 Å². The number of piperidine rings is 1. The number of amides is 1. The largest absolute Gasteiger partial charge is 0.395 e. The molecule has 3 aliphatic rings. The average molecular weight is 511 g/mol. The van der Waals surface area contributed by atoms with Crippen LogP contribution in [0.5, 0.6) is 0 Å². The second kappa shape index (κ2) is 10.6. The van der Waals surface area contributed by atoms with E-state index in [4.69, 9.17) is 4.98 Å². The molecule has 0 radical (unpaired) electrons. The fourth-order valence-electron chi connectivity index (χ4n) is 5.25. The fraction of sp³-hybridized carbons (Fsp3) is 0.481. The molecule has 2 saturated carbocycles. The number of carbonyl (C=O) groups excluding carboxylic acids is 1. The molecule has 0 unspecified atom stereocenters. The van der Waals surface area contributed by atoms with Crippen molar-refractivity contribution in [3.8, 4) is 0 Å². The average Bonchev–Trinajstić information content (AvgIpc) is 3.59. The van der Waals surface area contributed by atoms with E-state index in [0.717, 1.165) is 38.8 Å². The molecular formula is C27H34N4O4S. The number of nitrogens with zero attached hydrogens (tertiary/aromatic N) is 2. The first-order valence-electron chi connectivity index (χ1n) is 12.9. The van der Waals surface area contributed by atoms with Crippen LogP contribution in [0.4, 0.5) is 17.3 Å². The highest BCUT2D eigenvalue weighted by Gasteiger charge is 2.31. The van der Waals surface area contributed by atoms with Crippen molar-refractivity contribution in [2.45, 2.75) is 61.5 Å². The number of aliphatic hydroxyl groups is 1. The highest BCUT2D eigenvalue weighted by Crippen LogP contribution is 2.37. The molecule has 3 N–H and O–H groups in total. The Hall–Kier alpha value is -2.91. The Morgan fingerprint density at radius 3 is 2.44 bits per heavy atom. The molecule has 8 nitrogen and oxygen atoms in total. The van der Waals surface area contributed by atoms with E-state index in [1.165, 1.54) is 12.8 Å². The lowest BCUT2D eigenvalue weighted by Gasteiger charge is -2.31. The van der Waals surface area contributed by atoms with E-state index in [0.29, 0.717) is 42.3 Å². The van der Waals surface area contributed by atoms with Crippen LogP contribution < -0.4 is 15.5 Å². The highest BCUT2D eigenvalue weighted by atomic mass is 32.2. The summed E-state index contributed by atoms with van der Waals surface area (Å²) in [6, 6.07) is 10.0. The van der Waals surface area contributed by atoms with Crippen LogP contribution in [0.1, 0.15) is 61.7 Å². The Kier molecular flexibility index (Phi) is 7.29. The van der Waals surface area contributed by atoms with E-state index in [9.17, 15) is 18.3 Å². The van der Waals surface area contributed by atoms with Crippen molar-refractivity contribution in [3.63, 3.8) is 0 Å². The van der Waals surface area contributed by atoms with Crippen LogP contribution in [0.2, 0.25) is 0 Å². The maximum atomic E-state index is 13.4. The lowest BCUT2D eigenvalue weighted by atomic mass is 10.0. The summed E-state index contributed by atoms with van der Waals surface area (Å²) in [7, 11) is -3.41. The van der Waals surface area contributed by atoms with E-state index >= 15 is 0 Å². The van der Waals surface area contributed by atoms with Crippen LogP contribution in [0.15, 0.2) is 52.4 Å². The third-order valence-electron chi connectivity index (χ3n) is 7.37. The van der Waals surface area contributed by atoms with Gasteiger partial charge in [-0.25, -0.2) is 13.4 Å². The van der Waals surface area contributed by atoms with Gasteiger partial charge in [-0.1, -0.05) is 30.1 Å². The smallest absolute Gasteiger partial charge is 0.259 e. The number of allylic oxidation sites excluding steroid dienone is 1. The number of sulfone groups is 1. The summed E-state index contributed by atoms with van der Waals surface area (Å²) in [6.07, 6.45) is 7.66. The van der Waals surface area contributed by atoms with Crippen LogP contribution >= 0.6 is 0 Å². The van der Waals surface area contributed by atoms with E-state index < -0.39 is 9.84 Å². The second-order valence-corrected chi connectivity index (χ2v) is 12.1. The van der Waals surface area contributed by atoms with Crippen molar-refractivity contribution in [2.24, 2.45) is 0 Å². The first kappa shape index (κ1) is 24.8. The van der Waals surface area contributed by atoms with Gasteiger partial charge in [0.15, 0.2) is 9.84 Å². The summed E-state index contributed by atoms with van der Waals surface area (Å²) in [5, 5.41) is 14.8. The Bertz CT molecular complexity index is 1250. The molecular weight excluding hydrogens is 476 g/mol. The third-order valence-corrected chi connectivity index (χ3v) is 9.63. The summed E-state index contributed by atoms with van der Waals surface area (Å²) < 4.78 is 26.1. The van der Waals surface area contributed by atoms with E-state index in [1.54, 1.807) is 47.5 Å². The van der Waals surface area contributed by atoms with Crippen molar-refractivity contribution in [3.05, 3.63) is 53.1 Å². The first-order valence-corrected chi connectivity index (χ1v) is 14.5. The number of hydrogen-bond acceptors (Lipinski definition) is 7. The zero-order valence-electron chi connectivity index (χ0n) is 20.5. The Morgan fingerprint density at radius 1 is 1.03 bits per heavy atom. The standard InChI is InChI=1S/C27H34N4O4S/c32-17-14-28-25-11-10-24(26(30-25)31-15-12-20(13-16-31)19-8-9-19)27(33)29-21-4-3-7-23(18-21)36(34,35)22-5-1-2-6-22/h3-4,7,10-11,18,22,32H,1-2,5-6,8-9,12-17H2,(H,28,30)(H,29,33). The maximum absolute atomic E-state index is 13.4. The number of aromatic nitrogens is 1. The van der Waals surface area contributed by atoms with Gasteiger partial charge >= 0.3 is 0 Å². The molecule has 1 aromatic heterocycles. The molecule has 1 aromatic carbocycles. The molecule has 2 aliphatic carbocycles. The van der Waals surface area contributed by atoms with E-state index in [-0.39, 0.29) is 22.7 Å². The Labute approximate surface area is 212 Å². The molecule has 1 amide bonds. The van der Waals surface area contributed by atoms with E-state index in [1.807, 2.05) is 0 Å². The predicted molar refractivity (Wildman–Crippen MR) is 141 cm³/mol. The number of carbonyl (C=O) groups is 1. The number of benzene rings is 1. The van der Waals surface area contributed by atoms with Crippen molar-refractivity contribution >= 4 is 33.1 Å². The molecule has 192 valence electrons. The van der Waals surface area contributed by atoms with Crippen molar-refractivity contribution in [2.75, 3.05) is 41.8 Å². The second-order valence-electron chi connectivity index (χ2n) is 9.85. The molecule has 3 fully saturated rings. The van der Waals surface area contributed by atoms with Crippen LogP contribution in [-0.2, 0) is 9.84 Å². The van der Waals surface area contributed by atoms with Gasteiger partial charge < -0.3 is 20.6 Å². The number of anilines is 3. The van der Waals surface area contributed by atoms with Crippen molar-refractivity contribution in [1.82, 2.24) is 4.98 Å². The monoisotopic (exact) mass is 510 g/mol. The lowest BCUT2D eigenvalue weighted by Crippen LogP contribution is -2.33. The molecule has 36 heavy (non-hydrogen) atoms. The topological polar surface area (TPSA) is 112 Å². The maximum Gasteiger partial charge on any atom is 0.259 e. The highest BCUT2D eigenvalue weighted by molar-refractivity contribution is 7.92. The molecule has 0 spiro atoms. The van der Waals surface area contributed by atoms with Gasteiger partial charge in [0, 0.05) is 25.3 Å². The molecule has 1 saturated heterocycles. The zero-order valence-corrected chi connectivity index (χ0v) is 21.3. The van der Waals surface area contributed by atoms with Gasteiger partial charge in [-0.05, 0) is 68.9 Å². The Balaban J connectivity index is 1.37. The summed E-state index contributed by atoms with van der Waals surface area (Å²) in [5.74, 6) is 0.879. The third kappa shape index (κ3) is 5.42. The lowest BCUT2D eigenvalue weighted by molar-refractivity contribution is 0.102. The summed E-state index contributed by atoms with van der Waals surface area (Å²) in [4.78, 5) is 20.5. The number of nitrogens with one attached hydrogen (secondary N) is 2. The molecule has 0 bridgehead atoms. The van der Waals surface area contributed by atoms with Crippen LogP contribution in [-0.4, -0.2) is 55.9 Å². The van der Waals surface area contributed by atoms with E-state index in [2.05, 4.69) is 15.5 Å². The number of rotatable bonds is 8. The van der Waals surface area contributed by atoms with Crippen LogP contribution in [0, 0.1) is 0 Å². The van der Waals surface area contributed by atoms with Gasteiger partial charge in [-0.15, -0.1) is 0 Å². The molecule has 9 heteroatoms. The van der Waals surface area contributed by atoms with Gasteiger partial charge in [0.05, 0.1) is 22.3 Å². The number of hydrogen-bond donors (Lipinski definition) is 3. The van der Waals surface area contributed by atoms with Gasteiger partial charge in [0.25, 0.3) is 5.91 Å². The first-order chi connectivity index (χ1) is 17.5. The van der Waals surface area contributed by atoms with Crippen LogP contribution in [0.3, 0.4) is 0 Å². The number of aliphatic hydroxyl groups excluding tert-OH is 1. The predicted octanol–water partition coefficient (Wildman–Crippen LogP) is 4.15. The minimum absolute atomic E-state index is 0.0139. The van der Waals surface area contributed by atoms with Gasteiger partial charge in [-0.3, -0.25) is 4.79 Å². The number of pyridine rings is 1. The SMILES string of the molecule is O=C(Nc1cccc(S(=O)(=O)C2CCCC2)c1)c1ccc(NCCO)nc1N1CCC(=C2CC2)CC1. The molecule has 2 aromatic rings. The minimum Gasteiger partial charge on any atom is -0.395 e. The van der Waals surface area contributed by atoms with Gasteiger partial charge in [-0.2, -0.15) is 0 Å². The molecule has 5 rings (SSSR count). The molecule has 0 atom stereocenters. The summed E-state index contributed by atoms with van der Waals surface area (Å²) in [6.45, 7) is 1.95. The van der Waals surface area contributed by atoms with Crippen molar-refractivity contribution in [1.29, 1.82) is 0 Å². The van der Waals surface area contributed by atoms with Gasteiger partial charge in [0.1, 0.15) is 11.6 Å².